The van der Waals surface area contributed by atoms with E-state index in [2.05, 4.69) is 35.6 Å². The molecule has 52 heavy (non-hydrogen) atoms. The summed E-state index contributed by atoms with van der Waals surface area (Å²) in [5, 5.41) is 29.2. The van der Waals surface area contributed by atoms with Gasteiger partial charge in [0, 0.05) is 35.1 Å². The predicted octanol–water partition coefficient (Wildman–Crippen LogP) is 4.15. The van der Waals surface area contributed by atoms with Crippen molar-refractivity contribution in [3.05, 3.63) is 115 Å². The van der Waals surface area contributed by atoms with Gasteiger partial charge in [-0.1, -0.05) is 42.5 Å². The molecule has 0 bridgehead atoms. The molecule has 264 valence electrons. The minimum absolute atomic E-state index is 0.101. The van der Waals surface area contributed by atoms with Crippen LogP contribution in [-0.2, 0) is 17.8 Å². The maximum absolute atomic E-state index is 13.6. The zero-order valence-corrected chi connectivity index (χ0v) is 28.1. The van der Waals surface area contributed by atoms with E-state index in [1.54, 1.807) is 16.7 Å². The van der Waals surface area contributed by atoms with Gasteiger partial charge in [0.05, 0.1) is 25.6 Å². The average molecular weight is 701 g/mol. The number of imidazole rings is 1. The van der Waals surface area contributed by atoms with Gasteiger partial charge in [-0.3, -0.25) is 9.36 Å². The number of H-pyrrole nitrogens is 1. The van der Waals surface area contributed by atoms with Gasteiger partial charge in [0.25, 0.3) is 5.91 Å². The van der Waals surface area contributed by atoms with Gasteiger partial charge in [-0.25, -0.2) is 19.9 Å². The fraction of sp³-hybridized carbons (Fsp3) is 0.237. The van der Waals surface area contributed by atoms with Crippen molar-refractivity contribution in [1.82, 2.24) is 34.8 Å². The third kappa shape index (κ3) is 6.34. The molecule has 4 atom stereocenters. The van der Waals surface area contributed by atoms with Gasteiger partial charge in [0.1, 0.15) is 48.4 Å². The number of ether oxygens (including phenoxy) is 3. The second-order valence-electron chi connectivity index (χ2n) is 12.5. The number of nitrogens with zero attached hydrogens (tertiary/aromatic N) is 5. The number of anilines is 1. The van der Waals surface area contributed by atoms with Gasteiger partial charge >= 0.3 is 0 Å². The number of aromatic nitrogens is 6. The number of para-hydroxylation sites is 1. The fourth-order valence-corrected chi connectivity index (χ4v) is 6.62. The number of aliphatic hydroxyl groups excluding tert-OH is 2. The summed E-state index contributed by atoms with van der Waals surface area (Å²) in [6.07, 6.45) is 2.47. The molecule has 0 spiro atoms. The Morgan fingerprint density at radius 2 is 1.87 bits per heavy atom. The van der Waals surface area contributed by atoms with Crippen molar-refractivity contribution in [1.29, 1.82) is 0 Å². The topological polar surface area (TPSA) is 182 Å². The van der Waals surface area contributed by atoms with Crippen molar-refractivity contribution in [2.75, 3.05) is 25.6 Å². The first-order valence-electron chi connectivity index (χ1n) is 16.9. The van der Waals surface area contributed by atoms with Crippen LogP contribution < -0.4 is 20.1 Å². The number of hydrogen-bond acceptors (Lipinski definition) is 11. The van der Waals surface area contributed by atoms with Gasteiger partial charge in [0.15, 0.2) is 23.2 Å². The van der Waals surface area contributed by atoms with Crippen molar-refractivity contribution in [3.8, 4) is 11.5 Å². The highest BCUT2D eigenvalue weighted by Crippen LogP contribution is 2.33. The van der Waals surface area contributed by atoms with Crippen LogP contribution in [0.3, 0.4) is 0 Å². The molecule has 1 aliphatic rings. The lowest BCUT2D eigenvalue weighted by Gasteiger charge is -2.23. The Bertz CT molecular complexity index is 2360. The summed E-state index contributed by atoms with van der Waals surface area (Å²) >= 11 is 0. The highest BCUT2D eigenvalue weighted by atomic mass is 16.5. The fourth-order valence-electron chi connectivity index (χ4n) is 6.62. The first-order valence-corrected chi connectivity index (χ1v) is 16.9. The van der Waals surface area contributed by atoms with Crippen LogP contribution in [-0.4, -0.2) is 84.1 Å². The number of fused-ring (bicyclic) bond motifs is 3. The van der Waals surface area contributed by atoms with Gasteiger partial charge in [-0.15, -0.1) is 0 Å². The summed E-state index contributed by atoms with van der Waals surface area (Å²) in [4.78, 5) is 34.9. The zero-order chi connectivity index (χ0) is 35.6. The second kappa shape index (κ2) is 14.3. The molecule has 1 saturated heterocycles. The number of methoxy groups -OCH3 is 1. The average Bonchev–Trinajstić information content (AvgIpc) is 3.89. The van der Waals surface area contributed by atoms with Gasteiger partial charge in [0.2, 0.25) is 0 Å². The summed E-state index contributed by atoms with van der Waals surface area (Å²) in [7, 11) is 1.52. The zero-order valence-electron chi connectivity index (χ0n) is 28.1. The van der Waals surface area contributed by atoms with E-state index in [0.29, 0.717) is 47.8 Å². The molecular formula is C38H36N8O6. The molecule has 0 unspecified atom stereocenters. The summed E-state index contributed by atoms with van der Waals surface area (Å²) in [5.41, 5.74) is 4.82. The lowest BCUT2D eigenvalue weighted by atomic mass is 10.1. The Morgan fingerprint density at radius 3 is 2.71 bits per heavy atom. The van der Waals surface area contributed by atoms with Crippen LogP contribution in [0.2, 0.25) is 0 Å². The van der Waals surface area contributed by atoms with Crippen LogP contribution in [0, 0.1) is 0 Å². The number of benzene rings is 3. The van der Waals surface area contributed by atoms with Crippen LogP contribution in [0.4, 0.5) is 5.82 Å². The van der Waals surface area contributed by atoms with E-state index in [0.717, 1.165) is 33.2 Å². The largest absolute Gasteiger partial charge is 0.496 e. The lowest BCUT2D eigenvalue weighted by Crippen LogP contribution is -2.47. The first-order chi connectivity index (χ1) is 25.5. The van der Waals surface area contributed by atoms with Crippen LogP contribution in [0.1, 0.15) is 27.8 Å². The molecule has 4 aromatic heterocycles. The Labute approximate surface area is 297 Å². The SMILES string of the molecule is COc1cc(C(=O)N[C@@H]2[C@H](O)[C@@H](CO)O[C@H]2n2cnc3c(NCCc4c[nH]c5ccc(OCc6ccccc6)cc45)ncnc32)nc2ccccc12. The van der Waals surface area contributed by atoms with Gasteiger partial charge in [-0.05, 0) is 47.9 Å². The third-order valence-corrected chi connectivity index (χ3v) is 9.29. The number of carbonyl (C=O) groups excluding carboxylic acids is 1. The van der Waals surface area contributed by atoms with E-state index in [-0.39, 0.29) is 5.69 Å². The number of pyridine rings is 1. The third-order valence-electron chi connectivity index (χ3n) is 9.29. The van der Waals surface area contributed by atoms with E-state index in [1.165, 1.54) is 19.8 Å². The van der Waals surface area contributed by atoms with E-state index in [1.807, 2.05) is 72.9 Å². The molecular weight excluding hydrogens is 664 g/mol. The predicted molar refractivity (Wildman–Crippen MR) is 193 cm³/mol. The molecule has 14 nitrogen and oxygen atoms in total. The van der Waals surface area contributed by atoms with E-state index < -0.39 is 37.0 Å². The van der Waals surface area contributed by atoms with Crippen LogP contribution in [0.25, 0.3) is 33.0 Å². The molecule has 1 amide bonds. The van der Waals surface area contributed by atoms with E-state index >= 15 is 0 Å². The maximum Gasteiger partial charge on any atom is 0.270 e. The smallest absolute Gasteiger partial charge is 0.270 e. The van der Waals surface area contributed by atoms with Crippen molar-refractivity contribution >= 4 is 44.7 Å². The molecule has 5 N–H and O–H groups in total. The quantitative estimate of drug-likeness (QED) is 0.124. The molecule has 7 aromatic rings. The highest BCUT2D eigenvalue weighted by Gasteiger charge is 2.46. The number of hydrogen-bond donors (Lipinski definition) is 5. The standard InChI is InChI=1S/C38H36N8O6/c1-50-30-16-29(44-28-10-6-5-9-25(28)30)37(49)45-32-34(48)31(18-47)52-38(32)46-21-43-33-35(41-20-42-36(33)46)39-14-13-23-17-40-27-12-11-24(15-26(23)27)51-19-22-7-3-2-4-8-22/h2-12,15-17,20-21,31-32,34,38,40,47-48H,13-14,18-19H2,1H3,(H,45,49)(H,39,41,42)/t31-,32-,34-,38-/m1/s1. The molecule has 14 heteroatoms. The summed E-state index contributed by atoms with van der Waals surface area (Å²) in [6.45, 7) is 0.571. The first kappa shape index (κ1) is 33.1. The number of aromatic amines is 1. The Hall–Kier alpha value is -6.09. The summed E-state index contributed by atoms with van der Waals surface area (Å²) in [6, 6.07) is 24.0. The monoisotopic (exact) mass is 700 g/mol. The molecule has 0 radical (unpaired) electrons. The minimum atomic E-state index is -1.24. The number of rotatable bonds is 12. The van der Waals surface area contributed by atoms with E-state index in [4.69, 9.17) is 14.2 Å². The maximum atomic E-state index is 13.6. The Kier molecular flexibility index (Phi) is 9.07. The number of amides is 1. The van der Waals surface area contributed by atoms with Crippen molar-refractivity contribution in [2.45, 2.75) is 37.5 Å². The molecule has 1 aliphatic heterocycles. The second-order valence-corrected chi connectivity index (χ2v) is 12.5. The van der Waals surface area contributed by atoms with E-state index in [9.17, 15) is 15.0 Å². The summed E-state index contributed by atoms with van der Waals surface area (Å²) in [5.74, 6) is 1.25. The summed E-state index contributed by atoms with van der Waals surface area (Å²) < 4.78 is 19.3. The van der Waals surface area contributed by atoms with Crippen LogP contribution >= 0.6 is 0 Å². The normalized spacial score (nSPS) is 18.6. The lowest BCUT2D eigenvalue weighted by molar-refractivity contribution is -0.0440. The van der Waals surface area contributed by atoms with Gasteiger partial charge < -0.3 is 40.0 Å². The molecule has 0 aliphatic carbocycles. The van der Waals surface area contributed by atoms with Crippen molar-refractivity contribution in [2.24, 2.45) is 0 Å². The van der Waals surface area contributed by atoms with Gasteiger partial charge in [-0.2, -0.15) is 0 Å². The number of nitrogens with one attached hydrogen (secondary N) is 3. The number of carbonyl (C=O) groups is 1. The minimum Gasteiger partial charge on any atom is -0.496 e. The molecule has 3 aromatic carbocycles. The molecule has 0 saturated carbocycles. The van der Waals surface area contributed by atoms with Crippen molar-refractivity contribution in [3.63, 3.8) is 0 Å². The van der Waals surface area contributed by atoms with Crippen LogP contribution in [0.5, 0.6) is 11.5 Å². The molecule has 1 fully saturated rings. The van der Waals surface area contributed by atoms with Crippen LogP contribution in [0.15, 0.2) is 97.7 Å². The highest BCUT2D eigenvalue weighted by molar-refractivity contribution is 5.97. The Balaban J connectivity index is 0.988. The Morgan fingerprint density at radius 1 is 1.02 bits per heavy atom. The molecule has 5 heterocycles. The molecule has 8 rings (SSSR count). The van der Waals surface area contributed by atoms with Crippen molar-refractivity contribution < 1.29 is 29.2 Å². The number of aliphatic hydroxyl groups is 2.